The molecule has 6 heteroatoms. The van der Waals surface area contributed by atoms with Crippen LogP contribution in [0.1, 0.15) is 33.6 Å². The van der Waals surface area contributed by atoms with Gasteiger partial charge in [-0.2, -0.15) is 0 Å². The van der Waals surface area contributed by atoms with Gasteiger partial charge in [-0.05, 0) is 45.7 Å². The molecular weight excluding hydrogens is 304 g/mol. The van der Waals surface area contributed by atoms with Crippen LogP contribution in [0.5, 0.6) is 5.75 Å². The first-order valence-electron chi connectivity index (χ1n) is 7.81. The molecule has 1 amide bonds. The van der Waals surface area contributed by atoms with Crippen LogP contribution in [-0.2, 0) is 4.74 Å². The van der Waals surface area contributed by atoms with E-state index in [-0.39, 0.29) is 24.4 Å². The number of piperidine rings is 1. The number of hydrogen-bond acceptors (Lipinski definition) is 3. The van der Waals surface area contributed by atoms with E-state index in [9.17, 15) is 13.6 Å². The van der Waals surface area contributed by atoms with Crippen LogP contribution in [0.2, 0.25) is 0 Å². The number of rotatable bonds is 3. The number of nitrogens with zero attached hydrogens (tertiary/aromatic N) is 1. The third-order valence-electron chi connectivity index (χ3n) is 3.55. The highest BCUT2D eigenvalue weighted by atomic mass is 19.1. The summed E-state index contributed by atoms with van der Waals surface area (Å²) in [6.45, 7) is 6.70. The van der Waals surface area contributed by atoms with Crippen molar-refractivity contribution in [3.05, 3.63) is 29.8 Å². The van der Waals surface area contributed by atoms with Gasteiger partial charge in [0.1, 0.15) is 5.60 Å². The molecule has 1 aromatic rings. The van der Waals surface area contributed by atoms with E-state index in [1.165, 1.54) is 6.07 Å². The Kier molecular flexibility index (Phi) is 5.44. The second-order valence-corrected chi connectivity index (χ2v) is 6.80. The molecule has 2 rings (SSSR count). The normalized spacial score (nSPS) is 18.7. The van der Waals surface area contributed by atoms with Crippen LogP contribution >= 0.6 is 0 Å². The lowest BCUT2D eigenvalue weighted by Crippen LogP contribution is -2.44. The summed E-state index contributed by atoms with van der Waals surface area (Å²) in [4.78, 5) is 13.7. The molecule has 1 atom stereocenters. The van der Waals surface area contributed by atoms with Crippen molar-refractivity contribution >= 4 is 6.09 Å². The quantitative estimate of drug-likeness (QED) is 0.842. The van der Waals surface area contributed by atoms with E-state index in [1.54, 1.807) is 4.90 Å². The van der Waals surface area contributed by atoms with Crippen LogP contribution in [0.25, 0.3) is 0 Å². The summed E-state index contributed by atoms with van der Waals surface area (Å²) in [5.74, 6) is -1.77. The van der Waals surface area contributed by atoms with Gasteiger partial charge in [0.15, 0.2) is 17.4 Å². The Hall–Kier alpha value is -1.85. The maximum atomic E-state index is 13.5. The summed E-state index contributed by atoms with van der Waals surface area (Å²) in [5, 5.41) is 0. The fraction of sp³-hybridized carbons (Fsp3) is 0.588. The van der Waals surface area contributed by atoms with Crippen molar-refractivity contribution in [3.8, 4) is 5.75 Å². The highest BCUT2D eigenvalue weighted by Gasteiger charge is 2.28. The van der Waals surface area contributed by atoms with Crippen molar-refractivity contribution in [3.63, 3.8) is 0 Å². The minimum absolute atomic E-state index is 0.0234. The van der Waals surface area contributed by atoms with Crippen LogP contribution in [0, 0.1) is 17.6 Å². The van der Waals surface area contributed by atoms with E-state index < -0.39 is 17.2 Å². The smallest absolute Gasteiger partial charge is 0.410 e. The molecule has 0 saturated carbocycles. The molecule has 128 valence electrons. The number of carbonyl (C=O) groups is 1. The van der Waals surface area contributed by atoms with Crippen molar-refractivity contribution in [1.82, 2.24) is 4.90 Å². The number of benzene rings is 1. The minimum atomic E-state index is -0.718. The van der Waals surface area contributed by atoms with Gasteiger partial charge in [0.2, 0.25) is 0 Å². The molecule has 0 N–H and O–H groups in total. The molecule has 1 fully saturated rings. The van der Waals surface area contributed by atoms with E-state index >= 15 is 0 Å². The maximum absolute atomic E-state index is 13.5. The Morgan fingerprint density at radius 1 is 1.30 bits per heavy atom. The number of carbonyl (C=O) groups excluding carboxylic acids is 1. The van der Waals surface area contributed by atoms with Gasteiger partial charge in [-0.3, -0.25) is 0 Å². The lowest BCUT2D eigenvalue weighted by Gasteiger charge is -2.34. The van der Waals surface area contributed by atoms with Gasteiger partial charge in [-0.25, -0.2) is 13.6 Å². The average molecular weight is 327 g/mol. The molecule has 0 aliphatic carbocycles. The van der Waals surface area contributed by atoms with Gasteiger partial charge in [0.25, 0.3) is 0 Å². The van der Waals surface area contributed by atoms with Crippen LogP contribution in [-0.4, -0.2) is 36.3 Å². The van der Waals surface area contributed by atoms with Crippen molar-refractivity contribution in [2.75, 3.05) is 19.7 Å². The van der Waals surface area contributed by atoms with Crippen LogP contribution in [0.4, 0.5) is 13.6 Å². The molecule has 1 aliphatic rings. The van der Waals surface area contributed by atoms with E-state index in [2.05, 4.69) is 0 Å². The third kappa shape index (κ3) is 5.08. The van der Waals surface area contributed by atoms with E-state index in [0.29, 0.717) is 13.1 Å². The SMILES string of the molecule is CC(C)(C)OC(=O)N1CCC[C@@H](COc2c(F)cccc2F)C1. The highest BCUT2D eigenvalue weighted by Crippen LogP contribution is 2.24. The van der Waals surface area contributed by atoms with Gasteiger partial charge in [-0.15, -0.1) is 0 Å². The summed E-state index contributed by atoms with van der Waals surface area (Å²) in [5.41, 5.74) is -0.545. The monoisotopic (exact) mass is 327 g/mol. The zero-order valence-electron chi connectivity index (χ0n) is 13.8. The van der Waals surface area contributed by atoms with E-state index in [4.69, 9.17) is 9.47 Å². The molecule has 1 saturated heterocycles. The minimum Gasteiger partial charge on any atom is -0.487 e. The molecule has 4 nitrogen and oxygen atoms in total. The molecule has 0 radical (unpaired) electrons. The molecule has 1 heterocycles. The predicted octanol–water partition coefficient (Wildman–Crippen LogP) is 3.99. The number of halogens is 2. The summed E-state index contributed by atoms with van der Waals surface area (Å²) in [7, 11) is 0. The van der Waals surface area contributed by atoms with Gasteiger partial charge in [-0.1, -0.05) is 6.07 Å². The van der Waals surface area contributed by atoms with Crippen molar-refractivity contribution < 1.29 is 23.0 Å². The molecular formula is C17H23F2NO3. The van der Waals surface area contributed by atoms with Gasteiger partial charge in [0, 0.05) is 19.0 Å². The molecule has 1 aliphatic heterocycles. The van der Waals surface area contributed by atoms with Gasteiger partial charge >= 0.3 is 6.09 Å². The first kappa shape index (κ1) is 17.5. The van der Waals surface area contributed by atoms with Crippen LogP contribution in [0.3, 0.4) is 0 Å². The lowest BCUT2D eigenvalue weighted by molar-refractivity contribution is 0.0137. The Labute approximate surface area is 135 Å². The number of amides is 1. The predicted molar refractivity (Wildman–Crippen MR) is 82.4 cm³/mol. The third-order valence-corrected chi connectivity index (χ3v) is 3.55. The zero-order chi connectivity index (χ0) is 17.0. The lowest BCUT2D eigenvalue weighted by atomic mass is 9.99. The average Bonchev–Trinajstić information content (AvgIpc) is 2.45. The van der Waals surface area contributed by atoms with E-state index in [1.807, 2.05) is 20.8 Å². The van der Waals surface area contributed by atoms with E-state index in [0.717, 1.165) is 25.0 Å². The number of hydrogen-bond donors (Lipinski definition) is 0. The maximum Gasteiger partial charge on any atom is 0.410 e. The summed E-state index contributed by atoms with van der Waals surface area (Å²) in [6, 6.07) is 3.61. The topological polar surface area (TPSA) is 38.8 Å². The van der Waals surface area contributed by atoms with Crippen molar-refractivity contribution in [2.24, 2.45) is 5.92 Å². The van der Waals surface area contributed by atoms with Crippen LogP contribution in [0.15, 0.2) is 18.2 Å². The largest absolute Gasteiger partial charge is 0.487 e. The molecule has 1 aromatic carbocycles. The second-order valence-electron chi connectivity index (χ2n) is 6.80. The first-order valence-corrected chi connectivity index (χ1v) is 7.81. The Balaban J connectivity index is 1.90. The Morgan fingerprint density at radius 2 is 1.96 bits per heavy atom. The standard InChI is InChI=1S/C17H23F2NO3/c1-17(2,3)23-16(21)20-9-5-6-12(10-20)11-22-15-13(18)7-4-8-14(15)19/h4,7-8,12H,5-6,9-11H2,1-3H3/t12-/m1/s1. The van der Waals surface area contributed by atoms with Gasteiger partial charge in [0.05, 0.1) is 6.61 Å². The number of ether oxygens (including phenoxy) is 2. The number of para-hydroxylation sites is 1. The molecule has 0 aromatic heterocycles. The Bertz CT molecular complexity index is 537. The van der Waals surface area contributed by atoms with Gasteiger partial charge < -0.3 is 14.4 Å². The zero-order valence-corrected chi connectivity index (χ0v) is 13.8. The summed E-state index contributed by atoms with van der Waals surface area (Å²) >= 11 is 0. The first-order chi connectivity index (χ1) is 10.8. The summed E-state index contributed by atoms with van der Waals surface area (Å²) < 4.78 is 37.8. The fourth-order valence-corrected chi connectivity index (χ4v) is 2.52. The van der Waals surface area contributed by atoms with Crippen LogP contribution < -0.4 is 4.74 Å². The summed E-state index contributed by atoms with van der Waals surface area (Å²) in [6.07, 6.45) is 1.29. The second kappa shape index (κ2) is 7.15. The molecule has 0 unspecified atom stereocenters. The fourth-order valence-electron chi connectivity index (χ4n) is 2.52. The Morgan fingerprint density at radius 3 is 2.57 bits per heavy atom. The van der Waals surface area contributed by atoms with Crippen molar-refractivity contribution in [1.29, 1.82) is 0 Å². The number of likely N-dealkylation sites (tertiary alicyclic amines) is 1. The van der Waals surface area contributed by atoms with Crippen molar-refractivity contribution in [2.45, 2.75) is 39.2 Å². The molecule has 23 heavy (non-hydrogen) atoms. The molecule has 0 bridgehead atoms. The highest BCUT2D eigenvalue weighted by molar-refractivity contribution is 5.68. The molecule has 0 spiro atoms.